The van der Waals surface area contributed by atoms with Crippen LogP contribution in [0.15, 0.2) is 42.9 Å². The third-order valence-corrected chi connectivity index (χ3v) is 5.43. The van der Waals surface area contributed by atoms with Crippen molar-refractivity contribution in [1.29, 1.82) is 0 Å². The van der Waals surface area contributed by atoms with Crippen molar-refractivity contribution in [2.45, 2.75) is 44.9 Å². The minimum atomic E-state index is -4.39. The smallest absolute Gasteiger partial charge is 0.417 e. The molecule has 1 saturated carbocycles. The number of hydrogen-bond donors (Lipinski definition) is 1. The molecule has 1 aliphatic rings. The first-order chi connectivity index (χ1) is 15.0. The maximum absolute atomic E-state index is 12.7. The van der Waals surface area contributed by atoms with Gasteiger partial charge >= 0.3 is 6.18 Å². The van der Waals surface area contributed by atoms with Crippen molar-refractivity contribution in [2.24, 2.45) is 5.92 Å². The first-order valence-corrected chi connectivity index (χ1v) is 10.2. The maximum Gasteiger partial charge on any atom is 0.417 e. The molecule has 32 heavy (non-hydrogen) atoms. The number of alkyl halides is 3. The first-order valence-electron chi connectivity index (χ1n) is 10.2. The number of aryl methyl sites for hydroxylation is 1. The largest absolute Gasteiger partial charge is 0.477 e. The van der Waals surface area contributed by atoms with Crippen LogP contribution in [0.3, 0.4) is 0 Å². The fraction of sp³-hybridized carbons (Fsp3) is 0.391. The number of hydrogen-bond acceptors (Lipinski definition) is 6. The maximum atomic E-state index is 12.7. The van der Waals surface area contributed by atoms with Gasteiger partial charge in [0, 0.05) is 41.7 Å². The fourth-order valence-electron chi connectivity index (χ4n) is 3.44. The van der Waals surface area contributed by atoms with E-state index in [1.807, 2.05) is 6.07 Å². The molecule has 0 radical (unpaired) electrons. The van der Waals surface area contributed by atoms with Crippen molar-refractivity contribution in [1.82, 2.24) is 19.9 Å². The van der Waals surface area contributed by atoms with Crippen LogP contribution in [-0.4, -0.2) is 31.6 Å². The second-order valence-electron chi connectivity index (χ2n) is 8.51. The van der Waals surface area contributed by atoms with E-state index in [2.05, 4.69) is 19.9 Å². The van der Waals surface area contributed by atoms with E-state index in [0.29, 0.717) is 35.3 Å². The number of halogens is 3. The Bertz CT molecular complexity index is 1090. The SMILES string of the molecule is Cc1ncc(-c2ccc(C(C)(C)O)nc2)c(OCC2CC2c2ccc(C(F)(F)F)cn2)n1. The summed E-state index contributed by atoms with van der Waals surface area (Å²) in [6.07, 6.45) is 0.584. The zero-order valence-electron chi connectivity index (χ0n) is 17.9. The van der Waals surface area contributed by atoms with Gasteiger partial charge in [0.2, 0.25) is 5.88 Å². The molecule has 1 N–H and O–H groups in total. The van der Waals surface area contributed by atoms with Gasteiger partial charge in [-0.2, -0.15) is 18.2 Å². The van der Waals surface area contributed by atoms with Gasteiger partial charge in [-0.15, -0.1) is 0 Å². The van der Waals surface area contributed by atoms with Crippen LogP contribution in [-0.2, 0) is 11.8 Å². The molecule has 1 aliphatic carbocycles. The average molecular weight is 444 g/mol. The first kappa shape index (κ1) is 22.1. The number of nitrogens with zero attached hydrogens (tertiary/aromatic N) is 4. The third-order valence-electron chi connectivity index (χ3n) is 5.43. The van der Waals surface area contributed by atoms with Crippen LogP contribution in [0.4, 0.5) is 13.2 Å². The van der Waals surface area contributed by atoms with Crippen molar-refractivity contribution >= 4 is 0 Å². The second kappa shape index (κ2) is 8.12. The summed E-state index contributed by atoms with van der Waals surface area (Å²) >= 11 is 0. The highest BCUT2D eigenvalue weighted by molar-refractivity contribution is 5.67. The van der Waals surface area contributed by atoms with Gasteiger partial charge in [-0.05, 0) is 45.4 Å². The van der Waals surface area contributed by atoms with Crippen LogP contribution in [0, 0.1) is 12.8 Å². The lowest BCUT2D eigenvalue weighted by Crippen LogP contribution is -2.17. The molecule has 4 rings (SSSR count). The van der Waals surface area contributed by atoms with Gasteiger partial charge in [-0.25, -0.2) is 4.98 Å². The summed E-state index contributed by atoms with van der Waals surface area (Å²) in [5.41, 5.74) is 0.813. The van der Waals surface area contributed by atoms with Crippen LogP contribution in [0.2, 0.25) is 0 Å². The van der Waals surface area contributed by atoms with Crippen LogP contribution in [0.5, 0.6) is 5.88 Å². The normalized spacial score (nSPS) is 18.5. The highest BCUT2D eigenvalue weighted by Gasteiger charge is 2.41. The summed E-state index contributed by atoms with van der Waals surface area (Å²) < 4.78 is 44.2. The number of aliphatic hydroxyl groups is 1. The Labute approximate surface area is 183 Å². The van der Waals surface area contributed by atoms with E-state index in [-0.39, 0.29) is 11.8 Å². The number of ether oxygens (including phenoxy) is 1. The van der Waals surface area contributed by atoms with Crippen LogP contribution < -0.4 is 4.74 Å². The van der Waals surface area contributed by atoms with Gasteiger partial charge in [-0.1, -0.05) is 6.07 Å². The van der Waals surface area contributed by atoms with Crippen LogP contribution in [0.1, 0.15) is 49.0 Å². The third kappa shape index (κ3) is 4.88. The molecule has 3 aromatic heterocycles. The van der Waals surface area contributed by atoms with Crippen LogP contribution in [0.25, 0.3) is 11.1 Å². The lowest BCUT2D eigenvalue weighted by Gasteiger charge is -2.17. The van der Waals surface area contributed by atoms with Gasteiger partial charge in [0.25, 0.3) is 0 Å². The summed E-state index contributed by atoms with van der Waals surface area (Å²) in [6, 6.07) is 6.07. The van der Waals surface area contributed by atoms with Crippen molar-refractivity contribution in [3.8, 4) is 17.0 Å². The van der Waals surface area contributed by atoms with E-state index >= 15 is 0 Å². The predicted molar refractivity (Wildman–Crippen MR) is 111 cm³/mol. The minimum Gasteiger partial charge on any atom is -0.477 e. The Kier molecular flexibility index (Phi) is 5.62. The zero-order valence-corrected chi connectivity index (χ0v) is 17.9. The van der Waals surface area contributed by atoms with Crippen molar-refractivity contribution in [2.75, 3.05) is 6.61 Å². The van der Waals surface area contributed by atoms with E-state index in [1.165, 1.54) is 6.07 Å². The van der Waals surface area contributed by atoms with E-state index < -0.39 is 17.3 Å². The van der Waals surface area contributed by atoms with Crippen LogP contribution >= 0.6 is 0 Å². The van der Waals surface area contributed by atoms with E-state index in [0.717, 1.165) is 24.2 Å². The molecule has 0 aromatic carbocycles. The fourth-order valence-corrected chi connectivity index (χ4v) is 3.44. The molecule has 0 bridgehead atoms. The number of pyridine rings is 2. The molecule has 2 atom stereocenters. The van der Waals surface area contributed by atoms with Gasteiger partial charge in [-0.3, -0.25) is 9.97 Å². The lowest BCUT2D eigenvalue weighted by atomic mass is 10.0. The number of rotatable bonds is 6. The molecule has 0 spiro atoms. The van der Waals surface area contributed by atoms with Crippen molar-refractivity contribution in [3.05, 3.63) is 65.6 Å². The predicted octanol–water partition coefficient (Wildman–Crippen LogP) is 4.67. The van der Waals surface area contributed by atoms with Crippen molar-refractivity contribution in [3.63, 3.8) is 0 Å². The van der Waals surface area contributed by atoms with Gasteiger partial charge in [0.1, 0.15) is 11.4 Å². The second-order valence-corrected chi connectivity index (χ2v) is 8.51. The molecule has 1 fully saturated rings. The molecule has 3 heterocycles. The Balaban J connectivity index is 1.45. The van der Waals surface area contributed by atoms with E-state index in [9.17, 15) is 18.3 Å². The number of aromatic nitrogens is 4. The quantitative estimate of drug-likeness (QED) is 0.595. The molecule has 6 nitrogen and oxygen atoms in total. The molecule has 0 aliphatic heterocycles. The zero-order chi connectivity index (χ0) is 23.1. The molecule has 9 heteroatoms. The van der Waals surface area contributed by atoms with E-state index in [1.54, 1.807) is 39.2 Å². The standard InChI is InChI=1S/C23H23F3N4O2/c1-13-27-11-18(14-4-7-20(29-9-14)22(2,3)31)21(30-13)32-12-15-8-17(15)19-6-5-16(10-28-19)23(24,25)26/h4-7,9-11,15,17,31H,8,12H2,1-3H3. The van der Waals surface area contributed by atoms with E-state index in [4.69, 9.17) is 4.74 Å². The van der Waals surface area contributed by atoms with Gasteiger partial charge in [0.05, 0.1) is 23.4 Å². The summed E-state index contributed by atoms with van der Waals surface area (Å²) in [4.78, 5) is 17.0. The summed E-state index contributed by atoms with van der Waals surface area (Å²) in [7, 11) is 0. The monoisotopic (exact) mass is 444 g/mol. The average Bonchev–Trinajstić information content (AvgIpc) is 3.51. The summed E-state index contributed by atoms with van der Waals surface area (Å²) in [5.74, 6) is 1.19. The summed E-state index contributed by atoms with van der Waals surface area (Å²) in [5, 5.41) is 10.1. The summed E-state index contributed by atoms with van der Waals surface area (Å²) in [6.45, 7) is 5.45. The molecule has 2 unspecified atom stereocenters. The van der Waals surface area contributed by atoms with Gasteiger partial charge in [0.15, 0.2) is 0 Å². The lowest BCUT2D eigenvalue weighted by molar-refractivity contribution is -0.137. The molecule has 0 saturated heterocycles. The Morgan fingerprint density at radius 3 is 2.41 bits per heavy atom. The molecule has 168 valence electrons. The topological polar surface area (TPSA) is 81.0 Å². The molecule has 3 aromatic rings. The minimum absolute atomic E-state index is 0.0661. The molecule has 0 amide bonds. The van der Waals surface area contributed by atoms with Crippen molar-refractivity contribution < 1.29 is 23.0 Å². The Hall–Kier alpha value is -3.07. The molecular weight excluding hydrogens is 421 g/mol. The van der Waals surface area contributed by atoms with Gasteiger partial charge < -0.3 is 9.84 Å². The highest BCUT2D eigenvalue weighted by Crippen LogP contribution is 2.47. The Morgan fingerprint density at radius 1 is 1.03 bits per heavy atom. The Morgan fingerprint density at radius 2 is 1.81 bits per heavy atom. The highest BCUT2D eigenvalue weighted by atomic mass is 19.4. The molecular formula is C23H23F3N4O2.